The number of amides is 2. The molecule has 2 aromatic carbocycles. The number of ether oxygens (including phenoxy) is 2. The molecule has 3 atom stereocenters. The lowest BCUT2D eigenvalue weighted by molar-refractivity contribution is -0.145. The highest BCUT2D eigenvalue weighted by Crippen LogP contribution is 2.24. The van der Waals surface area contributed by atoms with E-state index in [4.69, 9.17) is 9.47 Å². The molecule has 35 heavy (non-hydrogen) atoms. The second kappa shape index (κ2) is 14.4. The molecule has 0 aromatic heterocycles. The van der Waals surface area contributed by atoms with E-state index >= 15 is 0 Å². The standard InChI is InChI=1S/C27H36N2O5S/c1-18(2)14-22(24(35)16-25(30)34-17-20-8-6-5-7-9-20)26(31)29-23(27(32)28-3)15-19-10-12-21(33-4)13-11-19/h5-13,18,22-24,35H,14-17H2,1-4H3,(H,28,32)(H,29,31)/t22-,23+,24?/m1/s1. The Morgan fingerprint density at radius 1 is 0.943 bits per heavy atom. The van der Waals surface area contributed by atoms with Gasteiger partial charge in [-0.05, 0) is 35.6 Å². The predicted molar refractivity (Wildman–Crippen MR) is 139 cm³/mol. The molecule has 7 nitrogen and oxygen atoms in total. The third kappa shape index (κ3) is 9.64. The Kier molecular flexibility index (Phi) is 11.6. The van der Waals surface area contributed by atoms with E-state index in [2.05, 4.69) is 23.3 Å². The predicted octanol–water partition coefficient (Wildman–Crippen LogP) is 3.56. The van der Waals surface area contributed by atoms with Gasteiger partial charge in [-0.1, -0.05) is 56.3 Å². The maximum atomic E-state index is 13.3. The molecule has 2 amide bonds. The number of benzene rings is 2. The molecule has 8 heteroatoms. The first-order chi connectivity index (χ1) is 16.7. The van der Waals surface area contributed by atoms with Crippen molar-refractivity contribution in [3.8, 4) is 5.75 Å². The first-order valence-corrected chi connectivity index (χ1v) is 12.3. The molecule has 190 valence electrons. The topological polar surface area (TPSA) is 93.7 Å². The largest absolute Gasteiger partial charge is 0.497 e. The van der Waals surface area contributed by atoms with E-state index in [9.17, 15) is 14.4 Å². The minimum Gasteiger partial charge on any atom is -0.497 e. The van der Waals surface area contributed by atoms with Crippen molar-refractivity contribution < 1.29 is 23.9 Å². The lowest BCUT2D eigenvalue weighted by Crippen LogP contribution is -2.50. The Morgan fingerprint density at radius 3 is 2.17 bits per heavy atom. The fourth-order valence-corrected chi connectivity index (χ4v) is 4.12. The molecule has 2 rings (SSSR count). The summed E-state index contributed by atoms with van der Waals surface area (Å²) < 4.78 is 10.6. The maximum absolute atomic E-state index is 13.3. The fourth-order valence-electron chi connectivity index (χ4n) is 3.72. The number of nitrogens with one attached hydrogen (secondary N) is 2. The van der Waals surface area contributed by atoms with E-state index in [1.165, 1.54) is 7.05 Å². The van der Waals surface area contributed by atoms with Crippen LogP contribution < -0.4 is 15.4 Å². The van der Waals surface area contributed by atoms with Crippen molar-refractivity contribution in [2.24, 2.45) is 11.8 Å². The van der Waals surface area contributed by atoms with Crippen LogP contribution in [0.1, 0.15) is 37.8 Å². The lowest BCUT2D eigenvalue weighted by atomic mass is 9.91. The van der Waals surface area contributed by atoms with Gasteiger partial charge in [0.05, 0.1) is 19.4 Å². The van der Waals surface area contributed by atoms with Crippen LogP contribution in [0, 0.1) is 11.8 Å². The van der Waals surface area contributed by atoms with E-state index in [1.807, 2.05) is 68.4 Å². The number of carbonyl (C=O) groups is 3. The summed E-state index contributed by atoms with van der Waals surface area (Å²) >= 11 is 4.60. The third-order valence-corrected chi connectivity index (χ3v) is 6.17. The highest BCUT2D eigenvalue weighted by molar-refractivity contribution is 7.81. The van der Waals surface area contributed by atoms with Gasteiger partial charge in [-0.2, -0.15) is 12.6 Å². The van der Waals surface area contributed by atoms with Crippen molar-refractivity contribution >= 4 is 30.4 Å². The molecule has 0 fully saturated rings. The minimum atomic E-state index is -0.763. The summed E-state index contributed by atoms with van der Waals surface area (Å²) in [5, 5.41) is 4.95. The summed E-state index contributed by atoms with van der Waals surface area (Å²) in [4.78, 5) is 38.3. The SMILES string of the molecule is CNC(=O)[C@H](Cc1ccc(OC)cc1)NC(=O)[C@H](CC(C)C)C(S)CC(=O)OCc1ccccc1. The zero-order valence-electron chi connectivity index (χ0n) is 20.8. The fraction of sp³-hybridized carbons (Fsp3) is 0.444. The highest BCUT2D eigenvalue weighted by Gasteiger charge is 2.31. The first kappa shape index (κ1) is 28.2. The molecule has 0 heterocycles. The average molecular weight is 501 g/mol. The van der Waals surface area contributed by atoms with Crippen molar-refractivity contribution in [2.75, 3.05) is 14.2 Å². The van der Waals surface area contributed by atoms with Crippen LogP contribution in [0.5, 0.6) is 5.75 Å². The van der Waals surface area contributed by atoms with Gasteiger partial charge in [-0.3, -0.25) is 14.4 Å². The Morgan fingerprint density at radius 2 is 1.60 bits per heavy atom. The van der Waals surface area contributed by atoms with Crippen molar-refractivity contribution in [1.82, 2.24) is 10.6 Å². The molecule has 0 spiro atoms. The number of carbonyl (C=O) groups excluding carboxylic acids is 3. The Bertz CT molecular complexity index is 950. The summed E-state index contributed by atoms with van der Waals surface area (Å²) in [6, 6.07) is 16.0. The molecule has 0 bridgehead atoms. The molecule has 0 aliphatic heterocycles. The van der Waals surface area contributed by atoms with Gasteiger partial charge in [0.1, 0.15) is 18.4 Å². The first-order valence-electron chi connectivity index (χ1n) is 11.8. The van der Waals surface area contributed by atoms with Gasteiger partial charge < -0.3 is 20.1 Å². The quantitative estimate of drug-likeness (QED) is 0.289. The maximum Gasteiger partial charge on any atom is 0.307 e. The van der Waals surface area contributed by atoms with Crippen LogP contribution in [0.3, 0.4) is 0 Å². The molecule has 2 N–H and O–H groups in total. The van der Waals surface area contributed by atoms with Crippen LogP contribution in [-0.2, 0) is 32.1 Å². The van der Waals surface area contributed by atoms with Gasteiger partial charge >= 0.3 is 5.97 Å². The van der Waals surface area contributed by atoms with Crippen molar-refractivity contribution in [2.45, 2.75) is 51.0 Å². The molecule has 0 saturated heterocycles. The van der Waals surface area contributed by atoms with E-state index < -0.39 is 23.2 Å². The molecule has 0 saturated carbocycles. The van der Waals surface area contributed by atoms with Gasteiger partial charge in [0.25, 0.3) is 0 Å². The molecule has 0 radical (unpaired) electrons. The van der Waals surface area contributed by atoms with Crippen LogP contribution >= 0.6 is 12.6 Å². The number of rotatable bonds is 13. The molecular weight excluding hydrogens is 464 g/mol. The van der Waals surface area contributed by atoms with Crippen molar-refractivity contribution in [3.63, 3.8) is 0 Å². The minimum absolute atomic E-state index is 0.0100. The number of hydrogen-bond acceptors (Lipinski definition) is 6. The summed E-state index contributed by atoms with van der Waals surface area (Å²) in [5.41, 5.74) is 1.77. The summed E-state index contributed by atoms with van der Waals surface area (Å²) in [6.45, 7) is 4.17. The second-order valence-corrected chi connectivity index (χ2v) is 9.54. The monoisotopic (exact) mass is 500 g/mol. The van der Waals surface area contributed by atoms with Gasteiger partial charge in [0.2, 0.25) is 11.8 Å². The average Bonchev–Trinajstić information content (AvgIpc) is 2.85. The lowest BCUT2D eigenvalue weighted by Gasteiger charge is -2.26. The second-order valence-electron chi connectivity index (χ2n) is 8.88. The molecule has 1 unspecified atom stereocenters. The molecule has 0 aliphatic rings. The zero-order valence-corrected chi connectivity index (χ0v) is 21.7. The van der Waals surface area contributed by atoms with Gasteiger partial charge in [0, 0.05) is 18.7 Å². The Balaban J connectivity index is 2.05. The summed E-state index contributed by atoms with van der Waals surface area (Å²) in [7, 11) is 3.12. The van der Waals surface area contributed by atoms with Crippen molar-refractivity contribution in [1.29, 1.82) is 0 Å². The van der Waals surface area contributed by atoms with Crippen LogP contribution in [0.15, 0.2) is 54.6 Å². The van der Waals surface area contributed by atoms with E-state index in [-0.39, 0.29) is 30.8 Å². The molecular formula is C27H36N2O5S. The third-order valence-electron chi connectivity index (χ3n) is 5.62. The summed E-state index contributed by atoms with van der Waals surface area (Å²) in [6.07, 6.45) is 0.832. The highest BCUT2D eigenvalue weighted by atomic mass is 32.1. The smallest absolute Gasteiger partial charge is 0.307 e. The molecule has 0 aliphatic carbocycles. The Hall–Kier alpha value is -3.00. The summed E-state index contributed by atoms with van der Waals surface area (Å²) in [5.74, 6) is -0.682. The number of thiol groups is 1. The van der Waals surface area contributed by atoms with Crippen molar-refractivity contribution in [3.05, 3.63) is 65.7 Å². The number of esters is 1. The normalized spacial score (nSPS) is 13.4. The van der Waals surface area contributed by atoms with Crippen LogP contribution in [0.4, 0.5) is 0 Å². The number of likely N-dealkylation sites (N-methyl/N-ethyl adjacent to an activating group) is 1. The number of methoxy groups -OCH3 is 1. The Labute approximate surface area is 213 Å². The van der Waals surface area contributed by atoms with Gasteiger partial charge in [-0.25, -0.2) is 0 Å². The molecule has 2 aromatic rings. The van der Waals surface area contributed by atoms with Gasteiger partial charge in [0.15, 0.2) is 0 Å². The van der Waals surface area contributed by atoms with E-state index in [0.29, 0.717) is 18.6 Å². The number of hydrogen-bond donors (Lipinski definition) is 3. The van der Waals surface area contributed by atoms with Gasteiger partial charge in [-0.15, -0.1) is 0 Å². The van der Waals surface area contributed by atoms with Crippen LogP contribution in [-0.4, -0.2) is 43.2 Å². The van der Waals surface area contributed by atoms with Crippen LogP contribution in [0.25, 0.3) is 0 Å². The van der Waals surface area contributed by atoms with E-state index in [0.717, 1.165) is 11.1 Å². The van der Waals surface area contributed by atoms with E-state index in [1.54, 1.807) is 7.11 Å². The zero-order chi connectivity index (χ0) is 25.8. The van der Waals surface area contributed by atoms with Crippen LogP contribution in [0.2, 0.25) is 0 Å².